The minimum atomic E-state index is -0.326. The molecule has 176 valence electrons. The highest BCUT2D eigenvalue weighted by molar-refractivity contribution is 7.16. The molecule has 1 aromatic heterocycles. The summed E-state index contributed by atoms with van der Waals surface area (Å²) in [5.74, 6) is 0.215. The van der Waals surface area contributed by atoms with E-state index in [1.807, 2.05) is 41.8 Å². The number of ether oxygens (including phenoxy) is 2. The van der Waals surface area contributed by atoms with Gasteiger partial charge in [0.25, 0.3) is 5.91 Å². The smallest absolute Gasteiger partial charge is 0.279 e. The number of fused-ring (bicyclic) bond motifs is 1. The Morgan fingerprint density at radius 1 is 1.09 bits per heavy atom. The van der Waals surface area contributed by atoms with Gasteiger partial charge in [0.1, 0.15) is 5.75 Å². The van der Waals surface area contributed by atoms with Crippen LogP contribution in [0.5, 0.6) is 5.75 Å². The summed E-state index contributed by atoms with van der Waals surface area (Å²) in [5.41, 5.74) is 2.13. The quantitative estimate of drug-likeness (QED) is 0.400. The number of benzene rings is 2. The molecule has 0 saturated heterocycles. The third-order valence-corrected chi connectivity index (χ3v) is 6.00. The molecule has 0 aliphatic carbocycles. The SMILES string of the molecule is CCCCCOc1cccc(C(=O)N=c2sc3cc(NC(C)=O)ccc3n2CCOCC)c1. The molecular formula is C25H31N3O4S. The fraction of sp³-hybridized carbons (Fsp3) is 0.400. The van der Waals surface area contributed by atoms with E-state index in [9.17, 15) is 9.59 Å². The first-order valence-electron chi connectivity index (χ1n) is 11.3. The molecule has 2 aromatic carbocycles. The molecule has 1 N–H and O–H groups in total. The van der Waals surface area contributed by atoms with Gasteiger partial charge in [0.05, 0.1) is 23.4 Å². The van der Waals surface area contributed by atoms with Gasteiger partial charge in [-0.1, -0.05) is 37.2 Å². The molecule has 7 nitrogen and oxygen atoms in total. The highest BCUT2D eigenvalue weighted by Crippen LogP contribution is 2.22. The highest BCUT2D eigenvalue weighted by Gasteiger charge is 2.11. The van der Waals surface area contributed by atoms with Crippen molar-refractivity contribution < 1.29 is 19.1 Å². The number of anilines is 1. The second-order valence-electron chi connectivity index (χ2n) is 7.60. The Hall–Kier alpha value is -2.97. The summed E-state index contributed by atoms with van der Waals surface area (Å²) < 4.78 is 14.2. The zero-order valence-electron chi connectivity index (χ0n) is 19.4. The second-order valence-corrected chi connectivity index (χ2v) is 8.61. The van der Waals surface area contributed by atoms with Crippen LogP contribution in [0.4, 0.5) is 5.69 Å². The lowest BCUT2D eigenvalue weighted by Crippen LogP contribution is -2.19. The number of nitrogens with one attached hydrogen (secondary N) is 1. The van der Waals surface area contributed by atoms with Gasteiger partial charge in [0.2, 0.25) is 5.91 Å². The fourth-order valence-corrected chi connectivity index (χ4v) is 4.46. The maximum absolute atomic E-state index is 13.0. The third kappa shape index (κ3) is 7.00. The Morgan fingerprint density at radius 2 is 1.94 bits per heavy atom. The highest BCUT2D eigenvalue weighted by atomic mass is 32.1. The molecule has 8 heteroatoms. The maximum atomic E-state index is 13.0. The topological polar surface area (TPSA) is 81.9 Å². The number of hydrogen-bond acceptors (Lipinski definition) is 5. The molecule has 0 aliphatic heterocycles. The molecule has 0 atom stereocenters. The molecular weight excluding hydrogens is 438 g/mol. The summed E-state index contributed by atoms with van der Waals surface area (Å²) in [6.07, 6.45) is 3.23. The van der Waals surface area contributed by atoms with Gasteiger partial charge in [0, 0.05) is 31.3 Å². The first-order valence-corrected chi connectivity index (χ1v) is 12.1. The van der Waals surface area contributed by atoms with Crippen LogP contribution in [0.25, 0.3) is 10.2 Å². The van der Waals surface area contributed by atoms with E-state index in [0.717, 1.165) is 29.5 Å². The minimum Gasteiger partial charge on any atom is -0.494 e. The first-order chi connectivity index (χ1) is 16.0. The average Bonchev–Trinajstić information content (AvgIpc) is 3.13. The van der Waals surface area contributed by atoms with Crippen molar-refractivity contribution in [1.82, 2.24) is 4.57 Å². The van der Waals surface area contributed by atoms with Crippen molar-refractivity contribution in [3.63, 3.8) is 0 Å². The second kappa shape index (κ2) is 12.3. The monoisotopic (exact) mass is 469 g/mol. The molecule has 0 fully saturated rings. The van der Waals surface area contributed by atoms with E-state index in [2.05, 4.69) is 17.2 Å². The van der Waals surface area contributed by atoms with Crippen molar-refractivity contribution in [2.75, 3.05) is 25.1 Å². The fourth-order valence-electron chi connectivity index (χ4n) is 3.37. The lowest BCUT2D eigenvalue weighted by molar-refractivity contribution is -0.114. The standard InChI is InChI=1S/C25H31N3O4S/c1-4-6-7-14-32-21-10-8-9-19(16-21)24(30)27-25-28(13-15-31-5-2)22-12-11-20(26-18(3)29)17-23(22)33-25/h8-12,16-17H,4-7,13-15H2,1-3H3,(H,26,29). The van der Waals surface area contributed by atoms with Crippen LogP contribution in [-0.4, -0.2) is 36.2 Å². The number of carbonyl (C=O) groups excluding carboxylic acids is 2. The van der Waals surface area contributed by atoms with Gasteiger partial charge >= 0.3 is 0 Å². The number of nitrogens with zero attached hydrogens (tertiary/aromatic N) is 2. The summed E-state index contributed by atoms with van der Waals surface area (Å²) in [6.45, 7) is 7.90. The number of aromatic nitrogens is 1. The molecule has 1 heterocycles. The van der Waals surface area contributed by atoms with E-state index < -0.39 is 0 Å². The largest absolute Gasteiger partial charge is 0.494 e. The summed E-state index contributed by atoms with van der Waals surface area (Å²) in [6, 6.07) is 12.8. The van der Waals surface area contributed by atoms with Gasteiger partial charge in [-0.15, -0.1) is 0 Å². The number of thiazole rings is 1. The molecule has 2 amide bonds. The van der Waals surface area contributed by atoms with Crippen LogP contribution in [0.2, 0.25) is 0 Å². The lowest BCUT2D eigenvalue weighted by Gasteiger charge is -2.07. The molecule has 33 heavy (non-hydrogen) atoms. The van der Waals surface area contributed by atoms with Crippen molar-refractivity contribution in [1.29, 1.82) is 0 Å². The zero-order chi connectivity index (χ0) is 23.6. The molecule has 3 aromatic rings. The number of rotatable bonds is 11. The Labute approximate surface area is 198 Å². The van der Waals surface area contributed by atoms with E-state index in [-0.39, 0.29) is 11.8 Å². The molecule has 0 bridgehead atoms. The normalized spacial score (nSPS) is 11.7. The van der Waals surface area contributed by atoms with E-state index >= 15 is 0 Å². The van der Waals surface area contributed by atoms with Crippen molar-refractivity contribution in [3.05, 3.63) is 52.8 Å². The Morgan fingerprint density at radius 3 is 2.70 bits per heavy atom. The number of unbranched alkanes of at least 4 members (excludes halogenated alkanes) is 2. The molecule has 0 unspecified atom stereocenters. The number of amides is 2. The van der Waals surface area contributed by atoms with E-state index in [1.54, 1.807) is 12.1 Å². The third-order valence-electron chi connectivity index (χ3n) is 4.96. The van der Waals surface area contributed by atoms with Crippen LogP contribution in [-0.2, 0) is 16.1 Å². The summed E-state index contributed by atoms with van der Waals surface area (Å²) >= 11 is 1.41. The van der Waals surface area contributed by atoms with Gasteiger partial charge < -0.3 is 19.4 Å². The van der Waals surface area contributed by atoms with Crippen molar-refractivity contribution >= 4 is 39.1 Å². The van der Waals surface area contributed by atoms with E-state index in [4.69, 9.17) is 9.47 Å². The first kappa shape index (κ1) is 24.7. The van der Waals surface area contributed by atoms with Crippen LogP contribution in [0.15, 0.2) is 47.5 Å². The summed E-state index contributed by atoms with van der Waals surface area (Å²) in [7, 11) is 0. The van der Waals surface area contributed by atoms with Crippen LogP contribution in [0.3, 0.4) is 0 Å². The Kier molecular flexibility index (Phi) is 9.21. The predicted octanol–water partition coefficient (Wildman–Crippen LogP) is 5.01. The molecule has 0 saturated carbocycles. The van der Waals surface area contributed by atoms with Crippen molar-refractivity contribution in [2.45, 2.75) is 46.6 Å². The minimum absolute atomic E-state index is 0.132. The van der Waals surface area contributed by atoms with Crippen LogP contribution < -0.4 is 14.9 Å². The number of hydrogen-bond donors (Lipinski definition) is 1. The zero-order valence-corrected chi connectivity index (χ0v) is 20.2. The molecule has 3 rings (SSSR count). The Balaban J connectivity index is 1.91. The van der Waals surface area contributed by atoms with Crippen LogP contribution in [0, 0.1) is 0 Å². The van der Waals surface area contributed by atoms with E-state index in [0.29, 0.717) is 48.2 Å². The van der Waals surface area contributed by atoms with Gasteiger partial charge in [-0.2, -0.15) is 4.99 Å². The van der Waals surface area contributed by atoms with E-state index in [1.165, 1.54) is 18.3 Å². The molecule has 0 aliphatic rings. The van der Waals surface area contributed by atoms with Gasteiger partial charge in [-0.05, 0) is 49.7 Å². The Bertz CT molecular complexity index is 1170. The van der Waals surface area contributed by atoms with Crippen molar-refractivity contribution in [3.8, 4) is 5.75 Å². The van der Waals surface area contributed by atoms with Crippen LogP contribution in [0.1, 0.15) is 50.4 Å². The lowest BCUT2D eigenvalue weighted by atomic mass is 10.2. The summed E-state index contributed by atoms with van der Waals surface area (Å²) in [5, 5.41) is 2.80. The molecule has 0 spiro atoms. The average molecular weight is 470 g/mol. The van der Waals surface area contributed by atoms with Crippen LogP contribution >= 0.6 is 11.3 Å². The van der Waals surface area contributed by atoms with Gasteiger partial charge in [0.15, 0.2) is 4.80 Å². The van der Waals surface area contributed by atoms with Crippen molar-refractivity contribution in [2.24, 2.45) is 4.99 Å². The van der Waals surface area contributed by atoms with Gasteiger partial charge in [-0.3, -0.25) is 9.59 Å². The van der Waals surface area contributed by atoms with Gasteiger partial charge in [-0.25, -0.2) is 0 Å². The maximum Gasteiger partial charge on any atom is 0.279 e. The summed E-state index contributed by atoms with van der Waals surface area (Å²) in [4.78, 5) is 29.4. The number of carbonyl (C=O) groups is 2. The molecule has 0 radical (unpaired) electrons. The predicted molar refractivity (Wildman–Crippen MR) is 132 cm³/mol.